The fraction of sp³-hybridized carbons (Fsp3) is 0.182. The zero-order valence-corrected chi connectivity index (χ0v) is 16.3. The number of carbonyl (C=O) groups is 2. The predicted octanol–water partition coefficient (Wildman–Crippen LogP) is 3.45. The molecule has 0 radical (unpaired) electrons. The van der Waals surface area contributed by atoms with Crippen molar-refractivity contribution in [1.29, 1.82) is 0 Å². The van der Waals surface area contributed by atoms with Gasteiger partial charge < -0.3 is 15.4 Å². The van der Waals surface area contributed by atoms with Gasteiger partial charge in [-0.2, -0.15) is 0 Å². The van der Waals surface area contributed by atoms with E-state index in [0.29, 0.717) is 23.5 Å². The molecule has 0 atom stereocenters. The molecule has 0 aliphatic heterocycles. The zero-order valence-electron chi connectivity index (χ0n) is 16.3. The Kier molecular flexibility index (Phi) is 6.52. The Hall–Kier alpha value is -3.74. The van der Waals surface area contributed by atoms with E-state index in [2.05, 4.69) is 20.6 Å². The number of anilines is 1. The lowest BCUT2D eigenvalue weighted by Crippen LogP contribution is -2.23. The molecule has 0 aliphatic rings. The number of para-hydroxylation sites is 2. The third-order valence-electron chi connectivity index (χ3n) is 3.96. The van der Waals surface area contributed by atoms with Gasteiger partial charge in [0.05, 0.1) is 11.8 Å². The first-order chi connectivity index (χ1) is 14.0. The number of ether oxygens (including phenoxy) is 1. The SMILES string of the molecule is CC(C)Oc1ccccc1NC(=O)c1cc(C(=O)NCc2ccncc2)ccn1. The fourth-order valence-electron chi connectivity index (χ4n) is 2.59. The monoisotopic (exact) mass is 390 g/mol. The van der Waals surface area contributed by atoms with Crippen molar-refractivity contribution >= 4 is 17.5 Å². The highest BCUT2D eigenvalue weighted by Gasteiger charge is 2.14. The van der Waals surface area contributed by atoms with Crippen LogP contribution in [0.2, 0.25) is 0 Å². The molecule has 2 N–H and O–H groups in total. The lowest BCUT2D eigenvalue weighted by atomic mass is 10.2. The van der Waals surface area contributed by atoms with Crippen LogP contribution in [0.25, 0.3) is 0 Å². The van der Waals surface area contributed by atoms with Crippen molar-refractivity contribution in [2.75, 3.05) is 5.32 Å². The second-order valence-corrected chi connectivity index (χ2v) is 6.58. The number of nitrogens with zero attached hydrogens (tertiary/aromatic N) is 2. The predicted molar refractivity (Wildman–Crippen MR) is 110 cm³/mol. The van der Waals surface area contributed by atoms with E-state index < -0.39 is 5.91 Å². The molecule has 0 aliphatic carbocycles. The van der Waals surface area contributed by atoms with Crippen LogP contribution in [0.4, 0.5) is 5.69 Å². The van der Waals surface area contributed by atoms with Gasteiger partial charge in [-0.15, -0.1) is 0 Å². The molecule has 2 amide bonds. The maximum absolute atomic E-state index is 12.6. The second kappa shape index (κ2) is 9.45. The van der Waals surface area contributed by atoms with Gasteiger partial charge in [-0.05, 0) is 55.8 Å². The third kappa shape index (κ3) is 5.62. The molecule has 1 aromatic carbocycles. The van der Waals surface area contributed by atoms with E-state index in [9.17, 15) is 9.59 Å². The molecule has 0 fully saturated rings. The van der Waals surface area contributed by atoms with Crippen molar-refractivity contribution in [3.8, 4) is 5.75 Å². The lowest BCUT2D eigenvalue weighted by molar-refractivity contribution is 0.0950. The summed E-state index contributed by atoms with van der Waals surface area (Å²) < 4.78 is 5.71. The van der Waals surface area contributed by atoms with Crippen LogP contribution < -0.4 is 15.4 Å². The summed E-state index contributed by atoms with van der Waals surface area (Å²) in [5.41, 5.74) is 1.97. The average Bonchev–Trinajstić information content (AvgIpc) is 2.74. The number of rotatable bonds is 7. The van der Waals surface area contributed by atoms with Crippen LogP contribution in [0, 0.1) is 0 Å². The molecule has 3 aromatic rings. The van der Waals surface area contributed by atoms with Crippen molar-refractivity contribution in [2.24, 2.45) is 0 Å². The number of hydrogen-bond acceptors (Lipinski definition) is 5. The Bertz CT molecular complexity index is 990. The number of amides is 2. The first-order valence-electron chi connectivity index (χ1n) is 9.23. The number of aromatic nitrogens is 2. The zero-order chi connectivity index (χ0) is 20.6. The van der Waals surface area contributed by atoms with Crippen LogP contribution in [0.1, 0.15) is 40.3 Å². The molecule has 148 valence electrons. The molecule has 3 rings (SSSR count). The van der Waals surface area contributed by atoms with Gasteiger partial charge in [-0.3, -0.25) is 19.6 Å². The highest BCUT2D eigenvalue weighted by atomic mass is 16.5. The van der Waals surface area contributed by atoms with Gasteiger partial charge in [-0.1, -0.05) is 12.1 Å². The highest BCUT2D eigenvalue weighted by molar-refractivity contribution is 6.05. The number of benzene rings is 1. The summed E-state index contributed by atoms with van der Waals surface area (Å²) in [5.74, 6) is -0.141. The molecule has 0 saturated carbocycles. The van der Waals surface area contributed by atoms with Gasteiger partial charge in [0.2, 0.25) is 0 Å². The van der Waals surface area contributed by atoms with Crippen LogP contribution in [0.15, 0.2) is 67.1 Å². The topological polar surface area (TPSA) is 93.2 Å². The first-order valence-corrected chi connectivity index (χ1v) is 9.23. The van der Waals surface area contributed by atoms with Crippen molar-refractivity contribution in [3.05, 3.63) is 83.9 Å². The summed E-state index contributed by atoms with van der Waals surface area (Å²) in [6.07, 6.45) is 4.74. The average molecular weight is 390 g/mol. The van der Waals surface area contributed by atoms with Gasteiger partial charge in [0.25, 0.3) is 11.8 Å². The Morgan fingerprint density at radius 3 is 2.52 bits per heavy atom. The maximum atomic E-state index is 12.6. The van der Waals surface area contributed by atoms with Crippen LogP contribution >= 0.6 is 0 Å². The largest absolute Gasteiger partial charge is 0.489 e. The Morgan fingerprint density at radius 1 is 1.00 bits per heavy atom. The molecule has 0 bridgehead atoms. The van der Waals surface area contributed by atoms with E-state index in [1.54, 1.807) is 36.7 Å². The van der Waals surface area contributed by atoms with Crippen molar-refractivity contribution in [1.82, 2.24) is 15.3 Å². The molecule has 0 unspecified atom stereocenters. The van der Waals surface area contributed by atoms with Crippen molar-refractivity contribution in [3.63, 3.8) is 0 Å². The van der Waals surface area contributed by atoms with Crippen LogP contribution in [0.5, 0.6) is 5.75 Å². The Morgan fingerprint density at radius 2 is 1.76 bits per heavy atom. The van der Waals surface area contributed by atoms with E-state index in [1.165, 1.54) is 12.3 Å². The summed E-state index contributed by atoms with van der Waals surface area (Å²) in [7, 11) is 0. The highest BCUT2D eigenvalue weighted by Crippen LogP contribution is 2.25. The number of pyridine rings is 2. The summed E-state index contributed by atoms with van der Waals surface area (Å²) in [5, 5.41) is 5.61. The maximum Gasteiger partial charge on any atom is 0.274 e. The molecule has 7 heteroatoms. The molecule has 0 spiro atoms. The van der Waals surface area contributed by atoms with Crippen LogP contribution in [-0.2, 0) is 6.54 Å². The normalized spacial score (nSPS) is 10.4. The van der Waals surface area contributed by atoms with Crippen molar-refractivity contribution < 1.29 is 14.3 Å². The van der Waals surface area contributed by atoms with E-state index in [4.69, 9.17) is 4.74 Å². The number of nitrogens with one attached hydrogen (secondary N) is 2. The third-order valence-corrected chi connectivity index (χ3v) is 3.96. The molecular formula is C22H22N4O3. The van der Waals surface area contributed by atoms with E-state index >= 15 is 0 Å². The minimum atomic E-state index is -0.423. The van der Waals surface area contributed by atoms with Crippen LogP contribution in [-0.4, -0.2) is 27.9 Å². The molecule has 29 heavy (non-hydrogen) atoms. The minimum absolute atomic E-state index is 0.0291. The quantitative estimate of drug-likeness (QED) is 0.645. The molecule has 2 aromatic heterocycles. The Balaban J connectivity index is 1.69. The van der Waals surface area contributed by atoms with Crippen molar-refractivity contribution in [2.45, 2.75) is 26.5 Å². The smallest absolute Gasteiger partial charge is 0.274 e. The summed E-state index contributed by atoms with van der Waals surface area (Å²) in [4.78, 5) is 33.1. The number of hydrogen-bond donors (Lipinski definition) is 2. The van der Waals surface area contributed by atoms with E-state index in [-0.39, 0.29) is 17.7 Å². The summed E-state index contributed by atoms with van der Waals surface area (Å²) in [6.45, 7) is 4.19. The van der Waals surface area contributed by atoms with Gasteiger partial charge in [0.15, 0.2) is 0 Å². The van der Waals surface area contributed by atoms with E-state index in [1.807, 2.05) is 32.0 Å². The summed E-state index contributed by atoms with van der Waals surface area (Å²) in [6, 6.07) is 13.8. The van der Waals surface area contributed by atoms with E-state index in [0.717, 1.165) is 5.56 Å². The second-order valence-electron chi connectivity index (χ2n) is 6.58. The van der Waals surface area contributed by atoms with Gasteiger partial charge in [0, 0.05) is 30.7 Å². The number of carbonyl (C=O) groups excluding carboxylic acids is 2. The fourth-order valence-corrected chi connectivity index (χ4v) is 2.59. The molecule has 0 saturated heterocycles. The van der Waals surface area contributed by atoms with Crippen LogP contribution in [0.3, 0.4) is 0 Å². The Labute approximate surface area is 169 Å². The van der Waals surface area contributed by atoms with Gasteiger partial charge in [0.1, 0.15) is 11.4 Å². The first kappa shape index (κ1) is 20.0. The molecule has 7 nitrogen and oxygen atoms in total. The standard InChI is InChI=1S/C22H22N4O3/c1-15(2)29-20-6-4-3-5-18(20)26-22(28)19-13-17(9-12-24-19)21(27)25-14-16-7-10-23-11-8-16/h3-13,15H,14H2,1-2H3,(H,25,27)(H,26,28). The molecular weight excluding hydrogens is 368 g/mol. The van der Waals surface area contributed by atoms with Gasteiger partial charge in [-0.25, -0.2) is 0 Å². The minimum Gasteiger partial charge on any atom is -0.489 e. The summed E-state index contributed by atoms with van der Waals surface area (Å²) >= 11 is 0. The lowest BCUT2D eigenvalue weighted by Gasteiger charge is -2.14. The molecule has 2 heterocycles. The van der Waals surface area contributed by atoms with Gasteiger partial charge >= 0.3 is 0 Å².